The normalized spacial score (nSPS) is 14.5. The van der Waals surface area contributed by atoms with Crippen molar-refractivity contribution >= 4 is 23.4 Å². The molecule has 140 valence electrons. The van der Waals surface area contributed by atoms with Crippen LogP contribution >= 0.6 is 11.8 Å². The van der Waals surface area contributed by atoms with Gasteiger partial charge >= 0.3 is 0 Å². The maximum absolute atomic E-state index is 12.1. The lowest BCUT2D eigenvalue weighted by Crippen LogP contribution is -2.18. The van der Waals surface area contributed by atoms with Gasteiger partial charge in [0.05, 0.1) is 12.0 Å². The molecule has 0 radical (unpaired) electrons. The summed E-state index contributed by atoms with van der Waals surface area (Å²) in [5.41, 5.74) is 2.05. The van der Waals surface area contributed by atoms with E-state index in [4.69, 9.17) is 8.83 Å². The fraction of sp³-hybridized carbons (Fsp3) is 0.316. The Kier molecular flexibility index (Phi) is 5.55. The molecule has 3 heterocycles. The summed E-state index contributed by atoms with van der Waals surface area (Å²) in [7, 11) is 0. The van der Waals surface area contributed by atoms with E-state index in [0.29, 0.717) is 16.9 Å². The van der Waals surface area contributed by atoms with Crippen molar-refractivity contribution < 1.29 is 13.6 Å². The van der Waals surface area contributed by atoms with Crippen LogP contribution in [-0.4, -0.2) is 39.8 Å². The monoisotopic (exact) mass is 384 g/mol. The first-order valence-electron chi connectivity index (χ1n) is 8.87. The van der Waals surface area contributed by atoms with Crippen LogP contribution in [0.3, 0.4) is 0 Å². The highest BCUT2D eigenvalue weighted by molar-refractivity contribution is 7.99. The van der Waals surface area contributed by atoms with Gasteiger partial charge in [0.2, 0.25) is 5.91 Å². The van der Waals surface area contributed by atoms with Gasteiger partial charge in [-0.3, -0.25) is 9.69 Å². The molecule has 1 saturated heterocycles. The number of aromatic nitrogens is 2. The molecule has 27 heavy (non-hydrogen) atoms. The molecule has 0 atom stereocenters. The molecule has 0 bridgehead atoms. The lowest BCUT2D eigenvalue weighted by Gasteiger charge is -2.14. The van der Waals surface area contributed by atoms with Crippen LogP contribution in [0.4, 0.5) is 5.69 Å². The first-order chi connectivity index (χ1) is 13.3. The van der Waals surface area contributed by atoms with Crippen LogP contribution in [0.5, 0.6) is 0 Å². The zero-order chi connectivity index (χ0) is 18.5. The number of furan rings is 1. The van der Waals surface area contributed by atoms with Crippen LogP contribution in [0.25, 0.3) is 11.7 Å². The molecule has 1 aliphatic heterocycles. The number of nitrogens with zero attached hydrogens (tertiary/aromatic N) is 3. The fourth-order valence-corrected chi connectivity index (χ4v) is 3.55. The highest BCUT2D eigenvalue weighted by Gasteiger charge is 2.14. The third-order valence-electron chi connectivity index (χ3n) is 4.31. The van der Waals surface area contributed by atoms with Crippen molar-refractivity contribution in [2.24, 2.45) is 0 Å². The zero-order valence-corrected chi connectivity index (χ0v) is 15.6. The van der Waals surface area contributed by atoms with E-state index in [0.717, 1.165) is 12.2 Å². The van der Waals surface area contributed by atoms with E-state index in [1.807, 2.05) is 12.1 Å². The van der Waals surface area contributed by atoms with E-state index in [1.165, 1.54) is 49.5 Å². The van der Waals surface area contributed by atoms with E-state index in [1.54, 1.807) is 12.1 Å². The molecule has 1 aliphatic rings. The van der Waals surface area contributed by atoms with E-state index < -0.39 is 0 Å². The lowest BCUT2D eigenvalue weighted by atomic mass is 10.2. The number of carbonyl (C=O) groups is 1. The molecule has 1 N–H and O–H groups in total. The smallest absolute Gasteiger partial charge is 0.284 e. The van der Waals surface area contributed by atoms with Gasteiger partial charge in [-0.15, -0.1) is 10.2 Å². The van der Waals surface area contributed by atoms with Gasteiger partial charge in [-0.2, -0.15) is 0 Å². The van der Waals surface area contributed by atoms with Gasteiger partial charge < -0.3 is 14.2 Å². The summed E-state index contributed by atoms with van der Waals surface area (Å²) in [6.07, 6.45) is 4.11. The Bertz CT molecular complexity index is 871. The van der Waals surface area contributed by atoms with Gasteiger partial charge in [0.25, 0.3) is 11.1 Å². The van der Waals surface area contributed by atoms with Crippen LogP contribution in [0.2, 0.25) is 0 Å². The Morgan fingerprint density at radius 2 is 1.96 bits per heavy atom. The molecule has 4 rings (SSSR count). The molecule has 3 aromatic rings. The Labute approximate surface area is 161 Å². The highest BCUT2D eigenvalue weighted by atomic mass is 32.2. The molecule has 8 heteroatoms. The first kappa shape index (κ1) is 17.8. The quantitative estimate of drug-likeness (QED) is 0.622. The first-order valence-corrected chi connectivity index (χ1v) is 9.86. The predicted octanol–water partition coefficient (Wildman–Crippen LogP) is 3.66. The van der Waals surface area contributed by atoms with E-state index in [9.17, 15) is 4.79 Å². The Hall–Kier alpha value is -2.58. The van der Waals surface area contributed by atoms with Crippen molar-refractivity contribution in [1.82, 2.24) is 15.1 Å². The second kappa shape index (κ2) is 8.41. The molecular weight excluding hydrogens is 364 g/mol. The average molecular weight is 384 g/mol. The van der Waals surface area contributed by atoms with E-state index >= 15 is 0 Å². The maximum atomic E-state index is 12.1. The summed E-state index contributed by atoms with van der Waals surface area (Å²) in [6, 6.07) is 11.5. The largest absolute Gasteiger partial charge is 0.459 e. The van der Waals surface area contributed by atoms with Gasteiger partial charge in [-0.25, -0.2) is 0 Å². The van der Waals surface area contributed by atoms with Crippen LogP contribution in [0, 0.1) is 0 Å². The van der Waals surface area contributed by atoms with Crippen LogP contribution in [-0.2, 0) is 11.3 Å². The molecule has 0 spiro atoms. The summed E-state index contributed by atoms with van der Waals surface area (Å²) in [5.74, 6) is 0.879. The van der Waals surface area contributed by atoms with Crippen LogP contribution in [0.1, 0.15) is 18.4 Å². The highest BCUT2D eigenvalue weighted by Crippen LogP contribution is 2.23. The number of hydrogen-bond acceptors (Lipinski definition) is 7. The number of amides is 1. The van der Waals surface area contributed by atoms with Gasteiger partial charge in [-0.1, -0.05) is 23.9 Å². The van der Waals surface area contributed by atoms with Crippen molar-refractivity contribution in [2.75, 3.05) is 24.2 Å². The van der Waals surface area contributed by atoms with Gasteiger partial charge in [0, 0.05) is 12.2 Å². The van der Waals surface area contributed by atoms with E-state index in [-0.39, 0.29) is 11.7 Å². The van der Waals surface area contributed by atoms with Crippen LogP contribution in [0.15, 0.2) is 56.7 Å². The summed E-state index contributed by atoms with van der Waals surface area (Å²) in [5, 5.41) is 11.0. The van der Waals surface area contributed by atoms with Gasteiger partial charge in [0.15, 0.2) is 5.76 Å². The summed E-state index contributed by atoms with van der Waals surface area (Å²) in [6.45, 7) is 3.32. The molecule has 2 aromatic heterocycles. The predicted molar refractivity (Wildman–Crippen MR) is 102 cm³/mol. The molecule has 1 fully saturated rings. The Balaban J connectivity index is 1.25. The van der Waals surface area contributed by atoms with Gasteiger partial charge in [-0.05, 0) is 55.8 Å². The fourth-order valence-electron chi connectivity index (χ4n) is 2.98. The van der Waals surface area contributed by atoms with E-state index in [2.05, 4.69) is 32.5 Å². The minimum atomic E-state index is -0.120. The molecule has 0 saturated carbocycles. The molecule has 0 aliphatic carbocycles. The Morgan fingerprint density at radius 3 is 2.70 bits per heavy atom. The number of hydrogen-bond donors (Lipinski definition) is 1. The Morgan fingerprint density at radius 1 is 1.15 bits per heavy atom. The SMILES string of the molecule is O=C(CSc1nnc(-c2ccco2)o1)Nc1ccc(CN2CCCC2)cc1. The molecular formula is C19H20N4O3S. The van der Waals surface area contributed by atoms with Crippen molar-refractivity contribution in [3.63, 3.8) is 0 Å². The van der Waals surface area contributed by atoms with Crippen molar-refractivity contribution in [3.8, 4) is 11.7 Å². The number of likely N-dealkylation sites (tertiary alicyclic amines) is 1. The lowest BCUT2D eigenvalue weighted by molar-refractivity contribution is -0.113. The van der Waals surface area contributed by atoms with Crippen molar-refractivity contribution in [3.05, 3.63) is 48.2 Å². The topological polar surface area (TPSA) is 84.4 Å². The summed E-state index contributed by atoms with van der Waals surface area (Å²) >= 11 is 1.19. The second-order valence-corrected chi connectivity index (χ2v) is 7.29. The minimum Gasteiger partial charge on any atom is -0.459 e. The number of anilines is 1. The second-order valence-electron chi connectivity index (χ2n) is 6.37. The summed E-state index contributed by atoms with van der Waals surface area (Å²) < 4.78 is 10.7. The third kappa shape index (κ3) is 4.78. The number of benzene rings is 1. The molecule has 1 aromatic carbocycles. The summed E-state index contributed by atoms with van der Waals surface area (Å²) in [4.78, 5) is 14.6. The average Bonchev–Trinajstić information content (AvgIpc) is 3.44. The molecule has 7 nitrogen and oxygen atoms in total. The third-order valence-corrected chi connectivity index (χ3v) is 5.13. The molecule has 1 amide bonds. The number of nitrogens with one attached hydrogen (secondary N) is 1. The molecule has 0 unspecified atom stereocenters. The van der Waals surface area contributed by atoms with Crippen molar-refractivity contribution in [1.29, 1.82) is 0 Å². The standard InChI is InChI=1S/C19H20N4O3S/c24-17(13-27-19-22-21-18(26-19)16-4-3-11-25-16)20-15-7-5-14(6-8-15)12-23-9-1-2-10-23/h3-8,11H,1-2,9-10,12-13H2,(H,20,24). The number of rotatable bonds is 7. The maximum Gasteiger partial charge on any atom is 0.284 e. The zero-order valence-electron chi connectivity index (χ0n) is 14.8. The van der Waals surface area contributed by atoms with Crippen molar-refractivity contribution in [2.45, 2.75) is 24.6 Å². The number of carbonyl (C=O) groups excluding carboxylic acids is 1. The number of thioether (sulfide) groups is 1. The van der Waals surface area contributed by atoms with Crippen LogP contribution < -0.4 is 5.32 Å². The van der Waals surface area contributed by atoms with Gasteiger partial charge in [0.1, 0.15) is 0 Å². The minimum absolute atomic E-state index is 0.120.